The van der Waals surface area contributed by atoms with E-state index in [4.69, 9.17) is 0 Å². The van der Waals surface area contributed by atoms with Crippen LogP contribution in [0, 0.1) is 0 Å². The molecule has 1 aromatic carbocycles. The highest BCUT2D eigenvalue weighted by molar-refractivity contribution is 7.09. The molecule has 1 heterocycles. The fraction of sp³-hybridized carbons (Fsp3) is 0.438. The maximum Gasteiger partial charge on any atom is 0.115 e. The Labute approximate surface area is 123 Å². The van der Waals surface area contributed by atoms with E-state index < -0.39 is 0 Å². The molecule has 0 saturated heterocycles. The predicted octanol–water partition coefficient (Wildman–Crippen LogP) is 3.97. The first-order valence-electron chi connectivity index (χ1n) is 7.25. The van der Waals surface area contributed by atoms with Crippen LogP contribution in [-0.2, 0) is 6.42 Å². The Morgan fingerprint density at radius 2 is 2.40 bits per heavy atom. The van der Waals surface area contributed by atoms with Crippen molar-refractivity contribution in [2.75, 3.05) is 0 Å². The molecule has 20 heavy (non-hydrogen) atoms. The summed E-state index contributed by atoms with van der Waals surface area (Å²) >= 11 is 1.71. The number of aryl methyl sites for hydroxylation is 1. The number of benzene rings is 1. The number of thiazole rings is 1. The molecule has 2 unspecified atom stereocenters. The van der Waals surface area contributed by atoms with E-state index in [1.165, 1.54) is 17.5 Å². The number of nitrogens with one attached hydrogen (secondary N) is 1. The van der Waals surface area contributed by atoms with Crippen molar-refractivity contribution < 1.29 is 5.11 Å². The monoisotopic (exact) mass is 288 g/mol. The van der Waals surface area contributed by atoms with Gasteiger partial charge in [-0.25, -0.2) is 4.98 Å². The van der Waals surface area contributed by atoms with Gasteiger partial charge in [0.1, 0.15) is 10.8 Å². The van der Waals surface area contributed by atoms with Crippen molar-refractivity contribution in [2.24, 2.45) is 0 Å². The lowest BCUT2D eigenvalue weighted by Crippen LogP contribution is -2.29. The van der Waals surface area contributed by atoms with E-state index in [0.29, 0.717) is 17.8 Å². The second-order valence-corrected chi connectivity index (χ2v) is 6.25. The highest BCUT2D eigenvalue weighted by atomic mass is 32.1. The fourth-order valence-electron chi connectivity index (χ4n) is 2.97. The smallest absolute Gasteiger partial charge is 0.115 e. The maximum absolute atomic E-state index is 9.74. The number of fused-ring (bicyclic) bond motifs is 1. The molecule has 106 valence electrons. The molecule has 1 aliphatic carbocycles. The highest BCUT2D eigenvalue weighted by Gasteiger charge is 2.24. The summed E-state index contributed by atoms with van der Waals surface area (Å²) in [5.74, 6) is 0.361. The molecular weight excluding hydrogens is 268 g/mol. The summed E-state index contributed by atoms with van der Waals surface area (Å²) in [6, 6.07) is 6.39. The van der Waals surface area contributed by atoms with Crippen molar-refractivity contribution in [3.05, 3.63) is 45.9 Å². The van der Waals surface area contributed by atoms with Crippen LogP contribution in [0.2, 0.25) is 0 Å². The van der Waals surface area contributed by atoms with Gasteiger partial charge in [-0.05, 0) is 48.9 Å². The van der Waals surface area contributed by atoms with E-state index in [1.54, 1.807) is 17.4 Å². The minimum atomic E-state index is 0.299. The predicted molar refractivity (Wildman–Crippen MR) is 82.1 cm³/mol. The van der Waals surface area contributed by atoms with E-state index in [0.717, 1.165) is 24.3 Å². The molecule has 3 rings (SSSR count). The Kier molecular flexibility index (Phi) is 4.03. The fourth-order valence-corrected chi connectivity index (χ4v) is 3.75. The average Bonchev–Trinajstić information content (AvgIpc) is 2.99. The van der Waals surface area contributed by atoms with Crippen LogP contribution in [0.5, 0.6) is 5.75 Å². The van der Waals surface area contributed by atoms with Gasteiger partial charge in [0.05, 0.1) is 6.04 Å². The zero-order valence-corrected chi connectivity index (χ0v) is 12.5. The van der Waals surface area contributed by atoms with Crippen LogP contribution in [0.1, 0.15) is 54.4 Å². The van der Waals surface area contributed by atoms with Crippen molar-refractivity contribution in [3.8, 4) is 5.75 Å². The molecule has 2 atom stereocenters. The minimum Gasteiger partial charge on any atom is -0.508 e. The van der Waals surface area contributed by atoms with Gasteiger partial charge in [0, 0.05) is 17.6 Å². The van der Waals surface area contributed by atoms with Crippen molar-refractivity contribution >= 4 is 11.3 Å². The number of hydrogen-bond donors (Lipinski definition) is 2. The second kappa shape index (κ2) is 5.94. The van der Waals surface area contributed by atoms with Crippen LogP contribution in [0.3, 0.4) is 0 Å². The number of aromatic nitrogens is 1. The van der Waals surface area contributed by atoms with Crippen molar-refractivity contribution in [1.82, 2.24) is 10.3 Å². The van der Waals surface area contributed by atoms with Gasteiger partial charge in [-0.1, -0.05) is 13.0 Å². The molecular formula is C16H20N2OS. The molecule has 0 spiro atoms. The van der Waals surface area contributed by atoms with Crippen LogP contribution >= 0.6 is 11.3 Å². The Bertz CT molecular complexity index is 568. The lowest BCUT2D eigenvalue weighted by molar-refractivity contribution is 0.389. The van der Waals surface area contributed by atoms with E-state index >= 15 is 0 Å². The summed E-state index contributed by atoms with van der Waals surface area (Å²) in [6.07, 6.45) is 6.33. The summed E-state index contributed by atoms with van der Waals surface area (Å²) in [7, 11) is 0. The lowest BCUT2D eigenvalue weighted by Gasteiger charge is -2.29. The Balaban J connectivity index is 1.83. The van der Waals surface area contributed by atoms with Gasteiger partial charge < -0.3 is 10.4 Å². The zero-order valence-electron chi connectivity index (χ0n) is 11.7. The number of phenols is 1. The summed E-state index contributed by atoms with van der Waals surface area (Å²) in [6.45, 7) is 2.19. The first kappa shape index (κ1) is 13.6. The van der Waals surface area contributed by atoms with E-state index in [1.807, 2.05) is 17.6 Å². The standard InChI is InChI=1S/C16H20N2OS/c1-2-14(16-17-8-9-20-16)18-15-5-3-4-11-6-7-12(19)10-13(11)15/h6-10,14-15,18-19H,2-5H2,1H3. The van der Waals surface area contributed by atoms with Crippen LogP contribution in [0.15, 0.2) is 29.8 Å². The van der Waals surface area contributed by atoms with E-state index in [2.05, 4.69) is 23.3 Å². The summed E-state index contributed by atoms with van der Waals surface area (Å²) < 4.78 is 0. The van der Waals surface area contributed by atoms with Crippen molar-refractivity contribution in [3.63, 3.8) is 0 Å². The number of phenolic OH excluding ortho intramolecular Hbond substituents is 1. The Morgan fingerprint density at radius 1 is 1.50 bits per heavy atom. The number of nitrogens with zero attached hydrogens (tertiary/aromatic N) is 1. The maximum atomic E-state index is 9.74. The van der Waals surface area contributed by atoms with Gasteiger partial charge in [-0.3, -0.25) is 0 Å². The summed E-state index contributed by atoms with van der Waals surface area (Å²) in [4.78, 5) is 4.43. The van der Waals surface area contributed by atoms with Gasteiger partial charge in [0.2, 0.25) is 0 Å². The number of hydrogen-bond acceptors (Lipinski definition) is 4. The van der Waals surface area contributed by atoms with Crippen molar-refractivity contribution in [1.29, 1.82) is 0 Å². The summed E-state index contributed by atoms with van der Waals surface area (Å²) in [5, 5.41) is 16.7. The molecule has 0 radical (unpaired) electrons. The Morgan fingerprint density at radius 3 is 3.15 bits per heavy atom. The average molecular weight is 288 g/mol. The van der Waals surface area contributed by atoms with Gasteiger partial charge in [0.25, 0.3) is 0 Å². The zero-order chi connectivity index (χ0) is 13.9. The third-order valence-corrected chi connectivity index (χ3v) is 4.89. The molecule has 3 nitrogen and oxygen atoms in total. The first-order chi connectivity index (χ1) is 9.78. The Hall–Kier alpha value is -1.39. The molecule has 2 N–H and O–H groups in total. The molecule has 0 amide bonds. The van der Waals surface area contributed by atoms with Crippen LogP contribution in [0.25, 0.3) is 0 Å². The van der Waals surface area contributed by atoms with E-state index in [-0.39, 0.29) is 0 Å². The topological polar surface area (TPSA) is 45.1 Å². The normalized spacial score (nSPS) is 19.6. The minimum absolute atomic E-state index is 0.299. The first-order valence-corrected chi connectivity index (χ1v) is 8.13. The molecule has 0 aliphatic heterocycles. The number of aromatic hydroxyl groups is 1. The summed E-state index contributed by atoms with van der Waals surface area (Å²) in [5.41, 5.74) is 2.62. The van der Waals surface area contributed by atoms with Crippen LogP contribution in [0.4, 0.5) is 0 Å². The molecule has 1 aliphatic rings. The third-order valence-electron chi connectivity index (χ3n) is 4.00. The molecule has 2 aromatic rings. The van der Waals surface area contributed by atoms with Gasteiger partial charge in [-0.15, -0.1) is 11.3 Å². The SMILES string of the molecule is CCC(NC1CCCc2ccc(O)cc21)c1nccs1. The van der Waals surface area contributed by atoms with Gasteiger partial charge >= 0.3 is 0 Å². The molecule has 0 saturated carbocycles. The number of rotatable bonds is 4. The second-order valence-electron chi connectivity index (χ2n) is 5.33. The van der Waals surface area contributed by atoms with E-state index in [9.17, 15) is 5.11 Å². The molecule has 4 heteroatoms. The quantitative estimate of drug-likeness (QED) is 0.895. The molecule has 1 aromatic heterocycles. The molecule has 0 fully saturated rings. The lowest BCUT2D eigenvalue weighted by atomic mass is 9.87. The van der Waals surface area contributed by atoms with Crippen LogP contribution < -0.4 is 5.32 Å². The van der Waals surface area contributed by atoms with Gasteiger partial charge in [0.15, 0.2) is 0 Å². The molecule has 0 bridgehead atoms. The van der Waals surface area contributed by atoms with Gasteiger partial charge in [-0.2, -0.15) is 0 Å². The third kappa shape index (κ3) is 2.72. The highest BCUT2D eigenvalue weighted by Crippen LogP contribution is 2.34. The largest absolute Gasteiger partial charge is 0.508 e. The van der Waals surface area contributed by atoms with Crippen molar-refractivity contribution in [2.45, 2.75) is 44.7 Å². The van der Waals surface area contributed by atoms with Crippen LogP contribution in [-0.4, -0.2) is 10.1 Å².